The van der Waals surface area contributed by atoms with Gasteiger partial charge in [-0.05, 0) is 28.9 Å². The molecule has 1 heterocycles. The minimum atomic E-state index is -1.26. The van der Waals surface area contributed by atoms with Gasteiger partial charge in [0.1, 0.15) is 0 Å². The molecule has 1 fully saturated rings. The lowest BCUT2D eigenvalue weighted by molar-refractivity contribution is 0.293. The number of hydrogen-bond donors (Lipinski definition) is 0. The molecule has 0 radical (unpaired) electrons. The molecule has 0 N–H and O–H groups in total. The van der Waals surface area contributed by atoms with Crippen LogP contribution < -0.4 is 0 Å². The smallest absolute Gasteiger partial charge is 0.143 e. The molecule has 1 aliphatic rings. The predicted molar refractivity (Wildman–Crippen MR) is 81.1 cm³/mol. The predicted octanol–water partition coefficient (Wildman–Crippen LogP) is 5.38. The SMILES string of the molecule is CC(C)(C)[C@H]1CS[C@H](/C=C/C(Cl)(Cl)Cl)SC1. The highest BCUT2D eigenvalue weighted by atomic mass is 35.6. The third-order valence-corrected chi connectivity index (χ3v) is 5.95. The monoisotopic (exact) mass is 318 g/mol. The minimum Gasteiger partial charge on any atom is -0.143 e. The fourth-order valence-electron chi connectivity index (χ4n) is 1.32. The third kappa shape index (κ3) is 5.77. The van der Waals surface area contributed by atoms with Crippen LogP contribution in [0.15, 0.2) is 12.2 Å². The third-order valence-electron chi connectivity index (χ3n) is 2.59. The molecule has 0 aliphatic carbocycles. The van der Waals surface area contributed by atoms with Gasteiger partial charge in [0.05, 0.1) is 4.58 Å². The molecule has 0 saturated carbocycles. The summed E-state index contributed by atoms with van der Waals surface area (Å²) in [7, 11) is 0. The second kappa shape index (κ2) is 5.97. The Bertz CT molecular complexity index is 245. The molecule has 16 heavy (non-hydrogen) atoms. The van der Waals surface area contributed by atoms with Crippen molar-refractivity contribution in [2.45, 2.75) is 29.1 Å². The molecule has 0 nitrogen and oxygen atoms in total. The zero-order valence-corrected chi connectivity index (χ0v) is 13.6. The fourth-order valence-corrected chi connectivity index (χ4v) is 5.00. The normalized spacial score (nSPS) is 28.6. The summed E-state index contributed by atoms with van der Waals surface area (Å²) in [6, 6.07) is 0. The van der Waals surface area contributed by atoms with E-state index in [-0.39, 0.29) is 0 Å². The van der Waals surface area contributed by atoms with Gasteiger partial charge in [-0.1, -0.05) is 61.7 Å². The van der Waals surface area contributed by atoms with E-state index in [4.69, 9.17) is 34.8 Å². The number of allylic oxidation sites excluding steroid dienone is 1. The average Bonchev–Trinajstić information content (AvgIpc) is 2.13. The number of halogens is 3. The van der Waals surface area contributed by atoms with Crippen LogP contribution in [0.2, 0.25) is 0 Å². The lowest BCUT2D eigenvalue weighted by Gasteiger charge is -2.35. The summed E-state index contributed by atoms with van der Waals surface area (Å²) in [6.07, 6.45) is 3.65. The Morgan fingerprint density at radius 3 is 1.94 bits per heavy atom. The molecule has 0 aromatic heterocycles. The summed E-state index contributed by atoms with van der Waals surface area (Å²) in [6.45, 7) is 6.91. The van der Waals surface area contributed by atoms with Gasteiger partial charge in [0, 0.05) is 0 Å². The molecular weight excluding hydrogens is 303 g/mol. The second-order valence-corrected chi connectivity index (χ2v) is 10.0. The zero-order chi connectivity index (χ0) is 12.4. The molecular formula is C11H17Cl3S2. The molecule has 1 rings (SSSR count). The van der Waals surface area contributed by atoms with Crippen LogP contribution in [0.3, 0.4) is 0 Å². The lowest BCUT2D eigenvalue weighted by Crippen LogP contribution is -2.29. The maximum Gasteiger partial charge on any atom is 0.209 e. The van der Waals surface area contributed by atoms with E-state index >= 15 is 0 Å². The van der Waals surface area contributed by atoms with Gasteiger partial charge in [0.25, 0.3) is 0 Å². The Balaban J connectivity index is 2.41. The Labute approximate surface area is 122 Å². The molecule has 0 bridgehead atoms. The van der Waals surface area contributed by atoms with Gasteiger partial charge in [-0.15, -0.1) is 23.5 Å². The van der Waals surface area contributed by atoms with Crippen LogP contribution in [-0.2, 0) is 0 Å². The molecule has 5 heteroatoms. The van der Waals surface area contributed by atoms with Crippen LogP contribution in [0.5, 0.6) is 0 Å². The molecule has 1 saturated heterocycles. The van der Waals surface area contributed by atoms with E-state index in [0.717, 1.165) is 5.92 Å². The van der Waals surface area contributed by atoms with Gasteiger partial charge in [-0.2, -0.15) is 0 Å². The van der Waals surface area contributed by atoms with Gasteiger partial charge in [-0.3, -0.25) is 0 Å². The van der Waals surface area contributed by atoms with Crippen molar-refractivity contribution >= 4 is 58.3 Å². The van der Waals surface area contributed by atoms with Crippen LogP contribution in [0.1, 0.15) is 20.8 Å². The Morgan fingerprint density at radius 1 is 1.06 bits per heavy atom. The van der Waals surface area contributed by atoms with Crippen LogP contribution in [-0.4, -0.2) is 19.9 Å². The number of alkyl halides is 3. The number of rotatable bonds is 1. The van der Waals surface area contributed by atoms with Gasteiger partial charge in [0.15, 0.2) is 0 Å². The highest BCUT2D eigenvalue weighted by molar-refractivity contribution is 8.17. The summed E-state index contributed by atoms with van der Waals surface area (Å²) in [4.78, 5) is 0. The van der Waals surface area contributed by atoms with Crippen molar-refractivity contribution in [3.63, 3.8) is 0 Å². The Morgan fingerprint density at radius 2 is 1.56 bits per heavy atom. The summed E-state index contributed by atoms with van der Waals surface area (Å²) in [5.41, 5.74) is 0.393. The van der Waals surface area contributed by atoms with E-state index in [1.165, 1.54) is 11.5 Å². The van der Waals surface area contributed by atoms with Crippen molar-refractivity contribution in [3.8, 4) is 0 Å². The molecule has 1 aliphatic heterocycles. The summed E-state index contributed by atoms with van der Waals surface area (Å²) >= 11 is 20.9. The van der Waals surface area contributed by atoms with Gasteiger partial charge in [0.2, 0.25) is 3.79 Å². The van der Waals surface area contributed by atoms with Crippen LogP contribution >= 0.6 is 58.3 Å². The minimum absolute atomic E-state index is 0.393. The maximum atomic E-state index is 5.68. The standard InChI is InChI=1S/C11H17Cl3S2/c1-10(2,3)8-6-15-9(16-7-8)4-5-11(12,13)14/h4-5,8-9H,6-7H2,1-3H3/b5-4+/t8-,9-. The van der Waals surface area contributed by atoms with E-state index < -0.39 is 3.79 Å². The first-order chi connectivity index (χ1) is 7.18. The van der Waals surface area contributed by atoms with Crippen molar-refractivity contribution < 1.29 is 0 Å². The van der Waals surface area contributed by atoms with E-state index in [2.05, 4.69) is 20.8 Å². The zero-order valence-electron chi connectivity index (χ0n) is 9.67. The molecule has 0 unspecified atom stereocenters. The first kappa shape index (κ1) is 15.4. The Hall–Kier alpha value is 1.31. The second-order valence-electron chi connectivity index (χ2n) is 5.00. The highest BCUT2D eigenvalue weighted by Gasteiger charge is 2.30. The summed E-state index contributed by atoms with van der Waals surface area (Å²) < 4.78 is -0.837. The van der Waals surface area contributed by atoms with Gasteiger partial charge in [-0.25, -0.2) is 0 Å². The lowest BCUT2D eigenvalue weighted by atomic mass is 9.83. The molecule has 0 spiro atoms. The van der Waals surface area contributed by atoms with E-state index in [0.29, 0.717) is 10.00 Å². The van der Waals surface area contributed by atoms with Gasteiger partial charge >= 0.3 is 0 Å². The highest BCUT2D eigenvalue weighted by Crippen LogP contribution is 2.42. The van der Waals surface area contributed by atoms with Crippen molar-refractivity contribution in [1.82, 2.24) is 0 Å². The van der Waals surface area contributed by atoms with Crippen molar-refractivity contribution in [2.24, 2.45) is 11.3 Å². The molecule has 0 atom stereocenters. The van der Waals surface area contributed by atoms with E-state index in [1.807, 2.05) is 29.6 Å². The first-order valence-corrected chi connectivity index (χ1v) is 8.41. The fraction of sp³-hybridized carbons (Fsp3) is 0.818. The first-order valence-electron chi connectivity index (χ1n) is 5.18. The molecule has 0 amide bonds. The molecule has 94 valence electrons. The van der Waals surface area contributed by atoms with Crippen molar-refractivity contribution in [3.05, 3.63) is 12.2 Å². The quantitative estimate of drug-likeness (QED) is 0.470. The van der Waals surface area contributed by atoms with Crippen LogP contribution in [0, 0.1) is 11.3 Å². The van der Waals surface area contributed by atoms with E-state index in [9.17, 15) is 0 Å². The van der Waals surface area contributed by atoms with Crippen molar-refractivity contribution in [1.29, 1.82) is 0 Å². The largest absolute Gasteiger partial charge is 0.209 e. The summed E-state index contributed by atoms with van der Waals surface area (Å²) in [5.74, 6) is 3.14. The number of thioether (sulfide) groups is 2. The maximum absolute atomic E-state index is 5.68. The Kier molecular flexibility index (Phi) is 5.73. The molecule has 0 aromatic rings. The number of hydrogen-bond acceptors (Lipinski definition) is 2. The molecule has 0 aromatic carbocycles. The summed E-state index contributed by atoms with van der Waals surface area (Å²) in [5, 5.41) is 0. The van der Waals surface area contributed by atoms with Crippen LogP contribution in [0.4, 0.5) is 0 Å². The van der Waals surface area contributed by atoms with Crippen molar-refractivity contribution in [2.75, 3.05) is 11.5 Å². The average molecular weight is 320 g/mol. The topological polar surface area (TPSA) is 0 Å². The van der Waals surface area contributed by atoms with Crippen LogP contribution in [0.25, 0.3) is 0 Å². The van der Waals surface area contributed by atoms with Gasteiger partial charge < -0.3 is 0 Å². The van der Waals surface area contributed by atoms with E-state index in [1.54, 1.807) is 6.08 Å².